The van der Waals surface area contributed by atoms with E-state index in [1.165, 1.54) is 11.1 Å². The number of pyridine rings is 2. The van der Waals surface area contributed by atoms with E-state index >= 15 is 0 Å². The number of aryl methyl sites for hydroxylation is 3. The summed E-state index contributed by atoms with van der Waals surface area (Å²) in [6.07, 6.45) is 2.82. The van der Waals surface area contributed by atoms with Gasteiger partial charge in [-0.15, -0.1) is 0 Å². The third-order valence-corrected chi connectivity index (χ3v) is 4.64. The number of hydrogen-bond donors (Lipinski definition) is 3. The largest absolute Gasteiger partial charge is 0.348 e. The number of aromatic amines is 1. The van der Waals surface area contributed by atoms with Gasteiger partial charge >= 0.3 is 0 Å². The van der Waals surface area contributed by atoms with Gasteiger partial charge in [0.1, 0.15) is 5.56 Å². The van der Waals surface area contributed by atoms with E-state index in [9.17, 15) is 9.59 Å². The lowest BCUT2D eigenvalue weighted by atomic mass is 9.96. The highest BCUT2D eigenvalue weighted by Crippen LogP contribution is 2.20. The molecule has 0 aromatic carbocycles. The summed E-state index contributed by atoms with van der Waals surface area (Å²) < 4.78 is 0. The van der Waals surface area contributed by atoms with Crippen molar-refractivity contribution in [2.45, 2.75) is 40.3 Å². The standard InChI is InChI=1S/C18H22N4O2/c1-10-6-15(18(24)22-11(10)2)17(23)21-9-16-12(3)20-8-13-7-19-5-4-14(13)16/h6,8,19H,4-5,7,9H2,1-3H3,(H,21,23)(H,22,24). The Labute approximate surface area is 140 Å². The van der Waals surface area contributed by atoms with Crippen LogP contribution in [0.3, 0.4) is 0 Å². The van der Waals surface area contributed by atoms with E-state index in [2.05, 4.69) is 20.6 Å². The van der Waals surface area contributed by atoms with E-state index < -0.39 is 0 Å². The van der Waals surface area contributed by atoms with Gasteiger partial charge in [-0.3, -0.25) is 14.6 Å². The number of carbonyl (C=O) groups is 1. The zero-order chi connectivity index (χ0) is 17.3. The van der Waals surface area contributed by atoms with Crippen molar-refractivity contribution < 1.29 is 4.79 Å². The van der Waals surface area contributed by atoms with Crippen molar-refractivity contribution in [2.75, 3.05) is 6.54 Å². The minimum Gasteiger partial charge on any atom is -0.348 e. The van der Waals surface area contributed by atoms with E-state index in [1.54, 1.807) is 6.07 Å². The van der Waals surface area contributed by atoms with Gasteiger partial charge in [-0.25, -0.2) is 0 Å². The molecule has 0 fully saturated rings. The molecule has 6 nitrogen and oxygen atoms in total. The van der Waals surface area contributed by atoms with Crippen LogP contribution in [0, 0.1) is 20.8 Å². The fourth-order valence-corrected chi connectivity index (χ4v) is 3.04. The Morgan fingerprint density at radius 1 is 1.33 bits per heavy atom. The van der Waals surface area contributed by atoms with E-state index in [0.29, 0.717) is 6.54 Å². The van der Waals surface area contributed by atoms with Crippen LogP contribution in [0.5, 0.6) is 0 Å². The molecule has 0 spiro atoms. The highest BCUT2D eigenvalue weighted by molar-refractivity contribution is 5.94. The maximum Gasteiger partial charge on any atom is 0.261 e. The van der Waals surface area contributed by atoms with Crippen LogP contribution in [0.2, 0.25) is 0 Å². The molecule has 0 unspecified atom stereocenters. The first-order valence-electron chi connectivity index (χ1n) is 8.13. The molecule has 0 saturated heterocycles. The minimum atomic E-state index is -0.357. The molecule has 3 heterocycles. The zero-order valence-electron chi connectivity index (χ0n) is 14.2. The van der Waals surface area contributed by atoms with Crippen LogP contribution in [0.15, 0.2) is 17.1 Å². The molecule has 2 aromatic heterocycles. The average Bonchev–Trinajstić information content (AvgIpc) is 2.57. The van der Waals surface area contributed by atoms with Crippen LogP contribution >= 0.6 is 0 Å². The van der Waals surface area contributed by atoms with Crippen molar-refractivity contribution in [3.8, 4) is 0 Å². The summed E-state index contributed by atoms with van der Waals surface area (Å²) in [5, 5.41) is 6.20. The molecular weight excluding hydrogens is 304 g/mol. The highest BCUT2D eigenvalue weighted by atomic mass is 16.2. The van der Waals surface area contributed by atoms with Crippen LogP contribution in [0.25, 0.3) is 0 Å². The first kappa shape index (κ1) is 16.4. The molecule has 3 N–H and O–H groups in total. The van der Waals surface area contributed by atoms with Crippen molar-refractivity contribution in [1.29, 1.82) is 0 Å². The summed E-state index contributed by atoms with van der Waals surface area (Å²) >= 11 is 0. The predicted molar refractivity (Wildman–Crippen MR) is 92.1 cm³/mol. The van der Waals surface area contributed by atoms with Gasteiger partial charge in [0.2, 0.25) is 0 Å². The van der Waals surface area contributed by atoms with Gasteiger partial charge in [0, 0.05) is 30.7 Å². The lowest BCUT2D eigenvalue weighted by Gasteiger charge is -2.21. The number of fused-ring (bicyclic) bond motifs is 1. The molecule has 0 atom stereocenters. The molecule has 0 radical (unpaired) electrons. The third kappa shape index (κ3) is 3.10. The second-order valence-corrected chi connectivity index (χ2v) is 6.26. The molecule has 0 saturated carbocycles. The normalized spacial score (nSPS) is 13.5. The van der Waals surface area contributed by atoms with Gasteiger partial charge in [-0.2, -0.15) is 0 Å². The Hall–Kier alpha value is -2.47. The van der Waals surface area contributed by atoms with Crippen molar-refractivity contribution in [3.05, 3.63) is 61.8 Å². The van der Waals surface area contributed by atoms with Gasteiger partial charge in [-0.1, -0.05) is 0 Å². The molecule has 3 rings (SSSR count). The molecule has 126 valence electrons. The van der Waals surface area contributed by atoms with Crippen LogP contribution in [0.4, 0.5) is 0 Å². The predicted octanol–water partition coefficient (Wildman–Crippen LogP) is 1.27. The van der Waals surface area contributed by atoms with Crippen LogP contribution in [-0.4, -0.2) is 22.4 Å². The number of hydrogen-bond acceptors (Lipinski definition) is 4. The van der Waals surface area contributed by atoms with Crippen LogP contribution < -0.4 is 16.2 Å². The summed E-state index contributed by atoms with van der Waals surface area (Å²) in [6.45, 7) is 7.75. The second-order valence-electron chi connectivity index (χ2n) is 6.26. The Morgan fingerprint density at radius 3 is 2.92 bits per heavy atom. The Morgan fingerprint density at radius 2 is 2.12 bits per heavy atom. The average molecular weight is 326 g/mol. The summed E-state index contributed by atoms with van der Waals surface area (Å²) in [5.74, 6) is -0.356. The fraction of sp³-hybridized carbons (Fsp3) is 0.389. The van der Waals surface area contributed by atoms with E-state index in [-0.39, 0.29) is 17.0 Å². The minimum absolute atomic E-state index is 0.148. The number of carbonyl (C=O) groups excluding carboxylic acids is 1. The van der Waals surface area contributed by atoms with Gasteiger partial charge in [-0.05, 0) is 62.1 Å². The smallest absolute Gasteiger partial charge is 0.261 e. The SMILES string of the molecule is Cc1cc(C(=O)NCc2c(C)ncc3c2CCNC3)c(=O)[nH]c1C. The number of rotatable bonds is 3. The molecule has 0 bridgehead atoms. The monoisotopic (exact) mass is 326 g/mol. The quantitative estimate of drug-likeness (QED) is 0.793. The summed E-state index contributed by atoms with van der Waals surface area (Å²) in [6, 6.07) is 1.64. The van der Waals surface area contributed by atoms with Crippen molar-refractivity contribution >= 4 is 5.91 Å². The van der Waals surface area contributed by atoms with E-state index in [4.69, 9.17) is 0 Å². The van der Waals surface area contributed by atoms with Crippen LogP contribution in [-0.2, 0) is 19.5 Å². The molecule has 6 heteroatoms. The molecule has 1 aliphatic heterocycles. The lowest BCUT2D eigenvalue weighted by molar-refractivity contribution is 0.0949. The Kier molecular flexibility index (Phi) is 4.49. The highest BCUT2D eigenvalue weighted by Gasteiger charge is 2.17. The molecular formula is C18H22N4O2. The van der Waals surface area contributed by atoms with E-state index in [1.807, 2.05) is 27.0 Å². The van der Waals surface area contributed by atoms with Crippen molar-refractivity contribution in [2.24, 2.45) is 0 Å². The molecule has 2 aromatic rings. The summed E-state index contributed by atoms with van der Waals surface area (Å²) in [4.78, 5) is 31.6. The summed E-state index contributed by atoms with van der Waals surface area (Å²) in [5.41, 5.74) is 5.88. The Bertz CT molecular complexity index is 855. The lowest BCUT2D eigenvalue weighted by Crippen LogP contribution is -2.31. The first-order chi connectivity index (χ1) is 11.5. The molecule has 1 amide bonds. The number of nitrogens with zero attached hydrogens (tertiary/aromatic N) is 1. The Balaban J connectivity index is 1.83. The van der Waals surface area contributed by atoms with Crippen LogP contribution in [0.1, 0.15) is 44.0 Å². The number of nitrogens with one attached hydrogen (secondary N) is 3. The van der Waals surface area contributed by atoms with Crippen molar-refractivity contribution in [3.63, 3.8) is 0 Å². The molecule has 24 heavy (non-hydrogen) atoms. The van der Waals surface area contributed by atoms with Gasteiger partial charge in [0.05, 0.1) is 0 Å². The maximum absolute atomic E-state index is 12.4. The van der Waals surface area contributed by atoms with Crippen molar-refractivity contribution in [1.82, 2.24) is 20.6 Å². The summed E-state index contributed by atoms with van der Waals surface area (Å²) in [7, 11) is 0. The number of aromatic nitrogens is 2. The second kappa shape index (κ2) is 6.57. The van der Waals surface area contributed by atoms with Gasteiger partial charge < -0.3 is 15.6 Å². The van der Waals surface area contributed by atoms with E-state index in [0.717, 1.165) is 42.0 Å². The first-order valence-corrected chi connectivity index (χ1v) is 8.13. The fourth-order valence-electron chi connectivity index (χ4n) is 3.04. The molecule has 0 aliphatic carbocycles. The molecule has 1 aliphatic rings. The van der Waals surface area contributed by atoms with Gasteiger partial charge in [0.25, 0.3) is 11.5 Å². The third-order valence-electron chi connectivity index (χ3n) is 4.64. The maximum atomic E-state index is 12.4. The number of H-pyrrole nitrogens is 1. The zero-order valence-corrected chi connectivity index (χ0v) is 14.2. The topological polar surface area (TPSA) is 86.9 Å². The number of amides is 1. The van der Waals surface area contributed by atoms with Gasteiger partial charge in [0.15, 0.2) is 0 Å².